The molecule has 4 heteroatoms. The van der Waals surface area contributed by atoms with Crippen molar-refractivity contribution in [3.8, 4) is 0 Å². The Balaban J connectivity index is 2.26. The number of rotatable bonds is 2. The van der Waals surface area contributed by atoms with Crippen molar-refractivity contribution in [3.05, 3.63) is 45.9 Å². The van der Waals surface area contributed by atoms with Gasteiger partial charge in [-0.1, -0.05) is 22.0 Å². The van der Waals surface area contributed by atoms with Crippen LogP contribution in [0.2, 0.25) is 0 Å². The molecule has 1 aliphatic heterocycles. The fourth-order valence-electron chi connectivity index (χ4n) is 1.71. The van der Waals surface area contributed by atoms with Gasteiger partial charge in [0.25, 0.3) is 0 Å². The van der Waals surface area contributed by atoms with Crippen LogP contribution >= 0.6 is 15.9 Å². The van der Waals surface area contributed by atoms with E-state index in [9.17, 15) is 9.50 Å². The predicted molar refractivity (Wildman–Crippen MR) is 62.3 cm³/mol. The molecule has 0 saturated heterocycles. The molecule has 1 heterocycles. The van der Waals surface area contributed by atoms with Crippen LogP contribution in [0.15, 0.2) is 34.5 Å². The second-order valence-electron chi connectivity index (χ2n) is 3.74. The van der Waals surface area contributed by atoms with E-state index in [1.54, 1.807) is 12.3 Å². The normalized spacial score (nSPS) is 17.6. The number of benzene rings is 1. The van der Waals surface area contributed by atoms with Crippen molar-refractivity contribution in [2.24, 2.45) is 0 Å². The summed E-state index contributed by atoms with van der Waals surface area (Å²) in [5.41, 5.74) is 1.50. The summed E-state index contributed by atoms with van der Waals surface area (Å²) in [5.74, 6) is -0.323. The van der Waals surface area contributed by atoms with E-state index in [-0.39, 0.29) is 5.82 Å². The summed E-state index contributed by atoms with van der Waals surface area (Å²) in [4.78, 5) is 0. The Morgan fingerprint density at radius 3 is 2.88 bits per heavy atom. The van der Waals surface area contributed by atoms with Crippen molar-refractivity contribution in [2.75, 3.05) is 6.61 Å². The van der Waals surface area contributed by atoms with Crippen molar-refractivity contribution >= 4 is 15.9 Å². The van der Waals surface area contributed by atoms with Gasteiger partial charge in [-0.3, -0.25) is 0 Å². The topological polar surface area (TPSA) is 29.5 Å². The second kappa shape index (κ2) is 4.97. The minimum absolute atomic E-state index is 0.323. The van der Waals surface area contributed by atoms with E-state index < -0.39 is 6.10 Å². The van der Waals surface area contributed by atoms with E-state index in [1.165, 1.54) is 12.1 Å². The maximum atomic E-state index is 12.9. The molecule has 2 rings (SSSR count). The van der Waals surface area contributed by atoms with Crippen LogP contribution in [0, 0.1) is 5.82 Å². The molecule has 2 nitrogen and oxygen atoms in total. The summed E-state index contributed by atoms with van der Waals surface area (Å²) in [7, 11) is 0. The summed E-state index contributed by atoms with van der Waals surface area (Å²) >= 11 is 3.25. The van der Waals surface area contributed by atoms with Gasteiger partial charge in [0.15, 0.2) is 0 Å². The molecular formula is C12H12BrFO2. The van der Waals surface area contributed by atoms with Gasteiger partial charge in [-0.15, -0.1) is 0 Å². The van der Waals surface area contributed by atoms with Crippen LogP contribution in [0.25, 0.3) is 0 Å². The number of halogens is 2. The second-order valence-corrected chi connectivity index (χ2v) is 4.59. The molecule has 0 aromatic heterocycles. The van der Waals surface area contributed by atoms with Gasteiger partial charge in [-0.05, 0) is 36.1 Å². The number of aliphatic hydroxyl groups excluding tert-OH is 1. The van der Waals surface area contributed by atoms with Crippen molar-refractivity contribution in [1.82, 2.24) is 0 Å². The molecule has 1 N–H and O–H groups in total. The van der Waals surface area contributed by atoms with Gasteiger partial charge >= 0.3 is 0 Å². The van der Waals surface area contributed by atoms with E-state index in [0.29, 0.717) is 16.6 Å². The van der Waals surface area contributed by atoms with E-state index in [2.05, 4.69) is 15.9 Å². The summed E-state index contributed by atoms with van der Waals surface area (Å²) < 4.78 is 18.7. The first-order chi connectivity index (χ1) is 7.68. The summed E-state index contributed by atoms with van der Waals surface area (Å²) in [6.45, 7) is 0.695. The summed E-state index contributed by atoms with van der Waals surface area (Å²) in [5, 5.41) is 10.1. The first kappa shape index (κ1) is 11.6. The minimum atomic E-state index is -0.727. The summed E-state index contributed by atoms with van der Waals surface area (Å²) in [6, 6.07) is 4.27. The molecule has 0 spiro atoms. The van der Waals surface area contributed by atoms with Gasteiger partial charge in [0.05, 0.1) is 12.9 Å². The van der Waals surface area contributed by atoms with Gasteiger partial charge < -0.3 is 9.84 Å². The summed E-state index contributed by atoms with van der Waals surface area (Å²) in [6.07, 6.45) is 2.59. The molecule has 0 bridgehead atoms. The molecule has 0 fully saturated rings. The van der Waals surface area contributed by atoms with Crippen molar-refractivity contribution in [3.63, 3.8) is 0 Å². The van der Waals surface area contributed by atoms with E-state index in [0.717, 1.165) is 18.4 Å². The Morgan fingerprint density at radius 1 is 1.44 bits per heavy atom. The Morgan fingerprint density at radius 2 is 2.25 bits per heavy atom. The fraction of sp³-hybridized carbons (Fsp3) is 0.333. The van der Waals surface area contributed by atoms with E-state index in [1.807, 2.05) is 0 Å². The van der Waals surface area contributed by atoms with Crippen LogP contribution in [-0.4, -0.2) is 11.7 Å². The maximum absolute atomic E-state index is 12.9. The van der Waals surface area contributed by atoms with Crippen molar-refractivity contribution in [2.45, 2.75) is 18.9 Å². The third-order valence-corrected chi connectivity index (χ3v) is 3.26. The Kier molecular flexibility index (Phi) is 3.61. The SMILES string of the molecule is OC(C1=COCCC1)c1ccc(F)cc1Br. The highest BCUT2D eigenvalue weighted by atomic mass is 79.9. The van der Waals surface area contributed by atoms with E-state index in [4.69, 9.17) is 4.74 Å². The lowest BCUT2D eigenvalue weighted by atomic mass is 9.98. The van der Waals surface area contributed by atoms with Crippen molar-refractivity contribution in [1.29, 1.82) is 0 Å². The number of aliphatic hydroxyl groups is 1. The molecule has 0 amide bonds. The highest BCUT2D eigenvalue weighted by Crippen LogP contribution is 2.32. The standard InChI is InChI=1S/C12H12BrFO2/c13-11-6-9(14)3-4-10(11)12(15)8-2-1-5-16-7-8/h3-4,6-7,12,15H,1-2,5H2. The van der Waals surface area contributed by atoms with E-state index >= 15 is 0 Å². The predicted octanol–water partition coefficient (Wildman–Crippen LogP) is 3.32. The quantitative estimate of drug-likeness (QED) is 0.904. The van der Waals surface area contributed by atoms with Crippen LogP contribution in [0.1, 0.15) is 24.5 Å². The van der Waals surface area contributed by atoms with Crippen molar-refractivity contribution < 1.29 is 14.2 Å². The average molecular weight is 287 g/mol. The molecule has 86 valence electrons. The lowest BCUT2D eigenvalue weighted by Crippen LogP contribution is -2.08. The van der Waals surface area contributed by atoms with Crippen LogP contribution in [0.3, 0.4) is 0 Å². The van der Waals surface area contributed by atoms with Gasteiger partial charge in [-0.25, -0.2) is 4.39 Å². The molecule has 1 unspecified atom stereocenters. The van der Waals surface area contributed by atoms with Crippen LogP contribution in [-0.2, 0) is 4.74 Å². The Hall–Kier alpha value is -0.870. The minimum Gasteiger partial charge on any atom is -0.501 e. The third kappa shape index (κ3) is 2.44. The Bertz CT molecular complexity index is 417. The molecule has 1 aliphatic rings. The number of ether oxygens (including phenoxy) is 1. The Labute approximate surface area is 102 Å². The molecule has 1 aromatic rings. The van der Waals surface area contributed by atoms with Gasteiger partial charge in [0.2, 0.25) is 0 Å². The zero-order valence-corrected chi connectivity index (χ0v) is 10.2. The first-order valence-electron chi connectivity index (χ1n) is 5.12. The van der Waals surface area contributed by atoms with Gasteiger partial charge in [0, 0.05) is 4.47 Å². The zero-order chi connectivity index (χ0) is 11.5. The van der Waals surface area contributed by atoms with Crippen LogP contribution < -0.4 is 0 Å². The smallest absolute Gasteiger partial charge is 0.124 e. The fourth-order valence-corrected chi connectivity index (χ4v) is 2.28. The molecule has 0 aliphatic carbocycles. The molecule has 1 atom stereocenters. The molecule has 0 radical (unpaired) electrons. The zero-order valence-electron chi connectivity index (χ0n) is 8.62. The van der Waals surface area contributed by atoms with Gasteiger partial charge in [-0.2, -0.15) is 0 Å². The molecule has 16 heavy (non-hydrogen) atoms. The maximum Gasteiger partial charge on any atom is 0.124 e. The highest BCUT2D eigenvalue weighted by molar-refractivity contribution is 9.10. The lowest BCUT2D eigenvalue weighted by Gasteiger charge is -2.20. The first-order valence-corrected chi connectivity index (χ1v) is 5.91. The number of hydrogen-bond donors (Lipinski definition) is 1. The largest absolute Gasteiger partial charge is 0.501 e. The number of hydrogen-bond acceptors (Lipinski definition) is 2. The van der Waals surface area contributed by atoms with Crippen LogP contribution in [0.4, 0.5) is 4.39 Å². The molecule has 1 aromatic carbocycles. The molecular weight excluding hydrogens is 275 g/mol. The average Bonchev–Trinajstić information content (AvgIpc) is 2.29. The van der Waals surface area contributed by atoms with Crippen LogP contribution in [0.5, 0.6) is 0 Å². The highest BCUT2D eigenvalue weighted by Gasteiger charge is 2.18. The third-order valence-electron chi connectivity index (χ3n) is 2.57. The lowest BCUT2D eigenvalue weighted by molar-refractivity contribution is 0.170. The van der Waals surface area contributed by atoms with Gasteiger partial charge in [0.1, 0.15) is 11.9 Å². The monoisotopic (exact) mass is 286 g/mol. The molecule has 0 saturated carbocycles.